The van der Waals surface area contributed by atoms with Crippen molar-refractivity contribution >= 4 is 32.8 Å². The molecule has 3 aromatic rings. The minimum absolute atomic E-state index is 0.0514. The largest absolute Gasteiger partial charge is 0.479 e. The molecular weight excluding hydrogens is 427 g/mol. The number of nitrogens with one attached hydrogen (secondary N) is 1. The maximum absolute atomic E-state index is 14.4. The summed E-state index contributed by atoms with van der Waals surface area (Å²) in [5, 5.41) is 8.33. The zero-order valence-corrected chi connectivity index (χ0v) is 17.2. The average molecular weight is 446 g/mol. The number of hydrogen-bond acceptors (Lipinski definition) is 7. The number of nitrogens with zero attached hydrogens (tertiary/aromatic N) is 3. The van der Waals surface area contributed by atoms with Gasteiger partial charge in [-0.3, -0.25) is 4.90 Å². The number of urea groups is 1. The van der Waals surface area contributed by atoms with Crippen molar-refractivity contribution in [2.75, 3.05) is 12.0 Å². The summed E-state index contributed by atoms with van der Waals surface area (Å²) in [5.74, 6) is -0.878. The molecule has 2 amide bonds. The second kappa shape index (κ2) is 7.72. The van der Waals surface area contributed by atoms with E-state index in [0.717, 1.165) is 0 Å². The molecule has 2 aromatic heterocycles. The lowest BCUT2D eigenvalue weighted by Gasteiger charge is -2.31. The standard InChI is InChI=1S/C19H19FN6O4S/c1-30-18-14(20)5-13-16-12(7-23-17(13)25-18)8-24-19(27)26(16)9-10-2-3-15(31(22,28)29)11(4-10)6-21/h2-5,7H,6,8-9,21H2,1H3,(H,24,27)(H2,22,28,29). The van der Waals surface area contributed by atoms with Crippen molar-refractivity contribution in [3.8, 4) is 5.88 Å². The van der Waals surface area contributed by atoms with Gasteiger partial charge in [0.2, 0.25) is 10.0 Å². The van der Waals surface area contributed by atoms with Crippen LogP contribution < -0.4 is 25.8 Å². The highest BCUT2D eigenvalue weighted by Gasteiger charge is 2.28. The lowest BCUT2D eigenvalue weighted by Crippen LogP contribution is -2.44. The van der Waals surface area contributed by atoms with E-state index in [9.17, 15) is 17.6 Å². The molecule has 162 valence electrons. The summed E-state index contributed by atoms with van der Waals surface area (Å²) < 4.78 is 42.8. The van der Waals surface area contributed by atoms with Crippen LogP contribution in [0.5, 0.6) is 5.88 Å². The highest BCUT2D eigenvalue weighted by Crippen LogP contribution is 2.34. The molecule has 31 heavy (non-hydrogen) atoms. The molecule has 1 aliphatic rings. The monoisotopic (exact) mass is 446 g/mol. The second-order valence-corrected chi connectivity index (χ2v) is 8.45. The Morgan fingerprint density at radius 2 is 2.10 bits per heavy atom. The van der Waals surface area contributed by atoms with Crippen LogP contribution in [0.25, 0.3) is 11.0 Å². The van der Waals surface area contributed by atoms with Crippen LogP contribution in [0.4, 0.5) is 14.9 Å². The number of halogens is 1. The molecule has 0 saturated carbocycles. The van der Waals surface area contributed by atoms with E-state index >= 15 is 0 Å². The number of sulfonamides is 1. The Labute approximate surface area is 177 Å². The highest BCUT2D eigenvalue weighted by atomic mass is 32.2. The zero-order valence-electron chi connectivity index (χ0n) is 16.4. The molecule has 4 rings (SSSR count). The fourth-order valence-corrected chi connectivity index (χ4v) is 4.33. The summed E-state index contributed by atoms with van der Waals surface area (Å²) in [6.07, 6.45) is 1.56. The van der Waals surface area contributed by atoms with E-state index in [4.69, 9.17) is 15.6 Å². The van der Waals surface area contributed by atoms with Gasteiger partial charge in [0.15, 0.2) is 11.5 Å². The third-order valence-electron chi connectivity index (χ3n) is 4.96. The van der Waals surface area contributed by atoms with Crippen LogP contribution in [0.1, 0.15) is 16.7 Å². The van der Waals surface area contributed by atoms with Gasteiger partial charge in [-0.05, 0) is 23.3 Å². The number of carbonyl (C=O) groups excluding carboxylic acids is 1. The maximum Gasteiger partial charge on any atom is 0.322 e. The molecule has 5 N–H and O–H groups in total. The van der Waals surface area contributed by atoms with Gasteiger partial charge in [-0.15, -0.1) is 0 Å². The van der Waals surface area contributed by atoms with Crippen molar-refractivity contribution in [1.82, 2.24) is 15.3 Å². The normalized spacial score (nSPS) is 13.8. The molecule has 0 bridgehead atoms. The third-order valence-corrected chi connectivity index (χ3v) is 5.97. The SMILES string of the molecule is COc1nc2ncc3c(c2cc1F)N(Cc1ccc(S(N)(=O)=O)c(CN)c1)C(=O)NC3. The second-order valence-electron chi connectivity index (χ2n) is 6.92. The molecule has 0 atom stereocenters. The topological polar surface area (TPSA) is 154 Å². The average Bonchev–Trinajstić information content (AvgIpc) is 2.74. The number of carbonyl (C=O) groups is 1. The van der Waals surface area contributed by atoms with Crippen molar-refractivity contribution < 1.29 is 22.3 Å². The van der Waals surface area contributed by atoms with Gasteiger partial charge in [0, 0.05) is 30.2 Å². The van der Waals surface area contributed by atoms with Crippen molar-refractivity contribution in [1.29, 1.82) is 0 Å². The van der Waals surface area contributed by atoms with Crippen LogP contribution in [0.15, 0.2) is 35.4 Å². The number of aromatic nitrogens is 2. The van der Waals surface area contributed by atoms with Crippen LogP contribution in [0.3, 0.4) is 0 Å². The molecule has 3 heterocycles. The number of ether oxygens (including phenoxy) is 1. The molecule has 1 aliphatic heterocycles. The molecule has 1 aromatic carbocycles. The number of nitrogens with two attached hydrogens (primary N) is 2. The van der Waals surface area contributed by atoms with Gasteiger partial charge in [0.25, 0.3) is 5.88 Å². The van der Waals surface area contributed by atoms with Gasteiger partial charge >= 0.3 is 6.03 Å². The van der Waals surface area contributed by atoms with Crippen molar-refractivity contribution in [3.05, 3.63) is 53.0 Å². The highest BCUT2D eigenvalue weighted by molar-refractivity contribution is 7.89. The quantitative estimate of drug-likeness (QED) is 0.530. The van der Waals surface area contributed by atoms with Crippen LogP contribution in [0.2, 0.25) is 0 Å². The Morgan fingerprint density at radius 1 is 1.32 bits per heavy atom. The van der Waals surface area contributed by atoms with Gasteiger partial charge < -0.3 is 15.8 Å². The molecule has 0 aliphatic carbocycles. The fraction of sp³-hybridized carbons (Fsp3) is 0.211. The third kappa shape index (κ3) is 3.76. The Balaban J connectivity index is 1.82. The van der Waals surface area contributed by atoms with Crippen LogP contribution in [0, 0.1) is 5.82 Å². The smallest absolute Gasteiger partial charge is 0.322 e. The van der Waals surface area contributed by atoms with E-state index in [2.05, 4.69) is 15.3 Å². The van der Waals surface area contributed by atoms with Crippen molar-refractivity contribution in [3.63, 3.8) is 0 Å². The predicted molar refractivity (Wildman–Crippen MR) is 110 cm³/mol. The molecule has 0 spiro atoms. The number of methoxy groups -OCH3 is 1. The molecule has 0 fully saturated rings. The molecule has 0 saturated heterocycles. The Kier molecular flexibility index (Phi) is 5.21. The van der Waals surface area contributed by atoms with Gasteiger partial charge in [0.05, 0.1) is 24.2 Å². The first-order chi connectivity index (χ1) is 14.7. The first-order valence-electron chi connectivity index (χ1n) is 9.15. The summed E-state index contributed by atoms with van der Waals surface area (Å²) in [5.41, 5.74) is 8.00. The molecule has 0 radical (unpaired) electrons. The summed E-state index contributed by atoms with van der Waals surface area (Å²) >= 11 is 0. The van der Waals surface area contributed by atoms with E-state index in [0.29, 0.717) is 27.8 Å². The van der Waals surface area contributed by atoms with E-state index in [1.54, 1.807) is 18.3 Å². The summed E-state index contributed by atoms with van der Waals surface area (Å²) in [6, 6.07) is 5.31. The minimum atomic E-state index is -3.94. The van der Waals surface area contributed by atoms with Crippen molar-refractivity contribution in [2.45, 2.75) is 24.5 Å². The number of fused-ring (bicyclic) bond motifs is 3. The molecular formula is C19H19FN6O4S. The summed E-state index contributed by atoms with van der Waals surface area (Å²) in [4.78, 5) is 22.4. The number of benzene rings is 1. The van der Waals surface area contributed by atoms with E-state index < -0.39 is 21.9 Å². The lowest BCUT2D eigenvalue weighted by atomic mass is 10.1. The van der Waals surface area contributed by atoms with E-state index in [-0.39, 0.29) is 36.1 Å². The Morgan fingerprint density at radius 3 is 2.77 bits per heavy atom. The Hall–Kier alpha value is -3.35. The maximum atomic E-state index is 14.4. The van der Waals surface area contributed by atoms with Gasteiger partial charge in [-0.2, -0.15) is 4.98 Å². The number of anilines is 1. The number of amides is 2. The Bertz CT molecular complexity index is 1310. The van der Waals surface area contributed by atoms with Gasteiger partial charge in [-0.25, -0.2) is 27.7 Å². The van der Waals surface area contributed by atoms with Crippen LogP contribution in [-0.4, -0.2) is 31.5 Å². The first-order valence-corrected chi connectivity index (χ1v) is 10.7. The lowest BCUT2D eigenvalue weighted by molar-refractivity contribution is 0.244. The molecule has 10 nitrogen and oxygen atoms in total. The first kappa shape index (κ1) is 20.9. The molecule has 0 unspecified atom stereocenters. The van der Waals surface area contributed by atoms with Crippen LogP contribution in [-0.2, 0) is 29.7 Å². The number of hydrogen-bond donors (Lipinski definition) is 3. The minimum Gasteiger partial charge on any atom is -0.479 e. The predicted octanol–water partition coefficient (Wildman–Crippen LogP) is 1.11. The fourth-order valence-electron chi connectivity index (χ4n) is 3.57. The summed E-state index contributed by atoms with van der Waals surface area (Å²) in [6.45, 7) is 0.243. The number of pyridine rings is 2. The van der Waals surface area contributed by atoms with Crippen molar-refractivity contribution in [2.24, 2.45) is 10.9 Å². The van der Waals surface area contributed by atoms with Gasteiger partial charge in [0.1, 0.15) is 0 Å². The van der Waals surface area contributed by atoms with E-state index in [1.807, 2.05) is 0 Å². The number of primary sulfonamides is 1. The van der Waals surface area contributed by atoms with E-state index in [1.165, 1.54) is 24.1 Å². The van der Waals surface area contributed by atoms with Crippen LogP contribution >= 0.6 is 0 Å². The molecule has 12 heteroatoms. The summed E-state index contributed by atoms with van der Waals surface area (Å²) in [7, 11) is -2.64. The zero-order chi connectivity index (χ0) is 22.3. The number of rotatable bonds is 5. The van der Waals surface area contributed by atoms with Gasteiger partial charge in [-0.1, -0.05) is 12.1 Å².